The molecule has 0 aliphatic carbocycles. The summed E-state index contributed by atoms with van der Waals surface area (Å²) in [6.45, 7) is 6.01. The van der Waals surface area contributed by atoms with Crippen LogP contribution >= 0.6 is 0 Å². The van der Waals surface area contributed by atoms with E-state index in [-0.39, 0.29) is 17.1 Å². The number of benzene rings is 2. The molecule has 0 unspecified atom stereocenters. The second-order valence-electron chi connectivity index (χ2n) is 7.93. The van der Waals surface area contributed by atoms with Crippen molar-refractivity contribution in [1.82, 2.24) is 10.2 Å². The van der Waals surface area contributed by atoms with Crippen LogP contribution in [-0.4, -0.2) is 23.9 Å². The van der Waals surface area contributed by atoms with Gasteiger partial charge in [0.1, 0.15) is 5.58 Å². The van der Waals surface area contributed by atoms with Crippen molar-refractivity contribution in [3.8, 4) is 0 Å². The first-order valence-electron chi connectivity index (χ1n) is 10.2. The van der Waals surface area contributed by atoms with Gasteiger partial charge in [-0.2, -0.15) is 0 Å². The van der Waals surface area contributed by atoms with Crippen LogP contribution in [0.4, 0.5) is 0 Å². The number of para-hydroxylation sites is 1. The van der Waals surface area contributed by atoms with E-state index in [0.717, 1.165) is 31.1 Å². The van der Waals surface area contributed by atoms with Gasteiger partial charge in [0.25, 0.3) is 5.91 Å². The van der Waals surface area contributed by atoms with E-state index in [1.807, 2.05) is 12.1 Å². The molecular weight excluding hydrogens is 364 g/mol. The fourth-order valence-electron chi connectivity index (χ4n) is 3.73. The number of carbonyl (C=O) groups excluding carboxylic acids is 1. The molecule has 1 amide bonds. The molecule has 5 nitrogen and oxygen atoms in total. The van der Waals surface area contributed by atoms with Gasteiger partial charge in [0.2, 0.25) is 0 Å². The third-order valence-electron chi connectivity index (χ3n) is 5.62. The summed E-state index contributed by atoms with van der Waals surface area (Å²) < 4.78 is 5.59. The molecule has 4 rings (SSSR count). The summed E-state index contributed by atoms with van der Waals surface area (Å²) in [5, 5.41) is 3.31. The van der Waals surface area contributed by atoms with Crippen molar-refractivity contribution in [3.05, 3.63) is 81.7 Å². The topological polar surface area (TPSA) is 62.6 Å². The van der Waals surface area contributed by atoms with Gasteiger partial charge in [-0.05, 0) is 55.1 Å². The number of hydrogen-bond acceptors (Lipinski definition) is 4. The number of piperidine rings is 1. The monoisotopic (exact) mass is 390 g/mol. The van der Waals surface area contributed by atoms with Crippen molar-refractivity contribution in [2.24, 2.45) is 5.92 Å². The van der Waals surface area contributed by atoms with Gasteiger partial charge < -0.3 is 9.73 Å². The predicted octanol–water partition coefficient (Wildman–Crippen LogP) is 3.95. The van der Waals surface area contributed by atoms with Gasteiger partial charge in [0.15, 0.2) is 11.2 Å². The molecule has 2 heterocycles. The number of fused-ring (bicyclic) bond motifs is 1. The lowest BCUT2D eigenvalue weighted by Crippen LogP contribution is -2.32. The van der Waals surface area contributed by atoms with Crippen LogP contribution in [0.3, 0.4) is 0 Å². The molecule has 29 heavy (non-hydrogen) atoms. The van der Waals surface area contributed by atoms with Crippen LogP contribution in [0.5, 0.6) is 0 Å². The van der Waals surface area contributed by atoms with E-state index in [2.05, 4.69) is 29.3 Å². The highest BCUT2D eigenvalue weighted by molar-refractivity contribution is 5.93. The Bertz CT molecular complexity index is 1050. The highest BCUT2D eigenvalue weighted by Gasteiger charge is 2.16. The first-order chi connectivity index (χ1) is 14.1. The molecule has 2 aromatic carbocycles. The van der Waals surface area contributed by atoms with Crippen molar-refractivity contribution >= 4 is 16.9 Å². The Morgan fingerprint density at radius 3 is 2.52 bits per heavy atom. The highest BCUT2D eigenvalue weighted by atomic mass is 16.3. The van der Waals surface area contributed by atoms with Crippen LogP contribution in [0, 0.1) is 5.92 Å². The fourth-order valence-corrected chi connectivity index (χ4v) is 3.73. The second kappa shape index (κ2) is 8.62. The van der Waals surface area contributed by atoms with Crippen LogP contribution < -0.4 is 10.7 Å². The van der Waals surface area contributed by atoms with E-state index in [1.165, 1.54) is 24.5 Å². The lowest BCUT2D eigenvalue weighted by atomic mass is 9.99. The van der Waals surface area contributed by atoms with Crippen molar-refractivity contribution in [1.29, 1.82) is 0 Å². The summed E-state index contributed by atoms with van der Waals surface area (Å²) in [7, 11) is 0. The molecule has 0 radical (unpaired) electrons. The number of nitrogens with zero attached hydrogens (tertiary/aromatic N) is 1. The molecule has 0 saturated carbocycles. The van der Waals surface area contributed by atoms with Crippen LogP contribution in [-0.2, 0) is 13.1 Å². The summed E-state index contributed by atoms with van der Waals surface area (Å²) >= 11 is 0. The Morgan fingerprint density at radius 1 is 1.07 bits per heavy atom. The standard InChI is InChI=1S/C24H26N2O3/c1-17-10-12-26(13-11-17)16-19-8-6-18(7-9-19)15-25-24(28)23-14-21(27)20-4-2-3-5-22(20)29-23/h2-9,14,17H,10-13,15-16H2,1H3,(H,25,28). The molecule has 0 spiro atoms. The summed E-state index contributed by atoms with van der Waals surface area (Å²) in [5.41, 5.74) is 2.50. The van der Waals surface area contributed by atoms with Gasteiger partial charge in [-0.25, -0.2) is 0 Å². The highest BCUT2D eigenvalue weighted by Crippen LogP contribution is 2.18. The number of carbonyl (C=O) groups is 1. The zero-order valence-electron chi connectivity index (χ0n) is 16.7. The van der Waals surface area contributed by atoms with Crippen LogP contribution in [0.1, 0.15) is 41.4 Å². The maximum Gasteiger partial charge on any atom is 0.287 e. The molecule has 5 heteroatoms. The Kier molecular flexibility index (Phi) is 5.76. The smallest absolute Gasteiger partial charge is 0.287 e. The third kappa shape index (κ3) is 4.74. The Balaban J connectivity index is 1.35. The lowest BCUT2D eigenvalue weighted by molar-refractivity contribution is 0.0923. The normalized spacial score (nSPS) is 15.5. The minimum absolute atomic E-state index is 0.0321. The third-order valence-corrected chi connectivity index (χ3v) is 5.62. The summed E-state index contributed by atoms with van der Waals surface area (Å²) in [5.74, 6) is 0.480. The van der Waals surface area contributed by atoms with Gasteiger partial charge in [0, 0.05) is 19.2 Å². The van der Waals surface area contributed by atoms with Crippen molar-refractivity contribution in [2.75, 3.05) is 13.1 Å². The summed E-state index contributed by atoms with van der Waals surface area (Å²) in [4.78, 5) is 27.1. The van der Waals surface area contributed by atoms with E-state index in [0.29, 0.717) is 17.5 Å². The minimum atomic E-state index is -0.389. The molecular formula is C24H26N2O3. The van der Waals surface area contributed by atoms with Gasteiger partial charge >= 0.3 is 0 Å². The van der Waals surface area contributed by atoms with E-state index >= 15 is 0 Å². The number of nitrogens with one attached hydrogen (secondary N) is 1. The maximum absolute atomic E-state index is 12.4. The molecule has 1 N–H and O–H groups in total. The maximum atomic E-state index is 12.4. The number of likely N-dealkylation sites (tertiary alicyclic amines) is 1. The van der Waals surface area contributed by atoms with Gasteiger partial charge in [-0.1, -0.05) is 43.3 Å². The van der Waals surface area contributed by atoms with Crippen LogP contribution in [0.2, 0.25) is 0 Å². The van der Waals surface area contributed by atoms with Gasteiger partial charge in [0.05, 0.1) is 5.39 Å². The SMILES string of the molecule is CC1CCN(Cc2ccc(CNC(=O)c3cc(=O)c4ccccc4o3)cc2)CC1. The summed E-state index contributed by atoms with van der Waals surface area (Å²) in [6.07, 6.45) is 2.55. The molecule has 1 fully saturated rings. The molecule has 1 saturated heterocycles. The first kappa shape index (κ1) is 19.4. The van der Waals surface area contributed by atoms with Crippen molar-refractivity contribution in [3.63, 3.8) is 0 Å². The Labute approximate surface area is 170 Å². The quantitative estimate of drug-likeness (QED) is 0.716. The molecule has 150 valence electrons. The first-order valence-corrected chi connectivity index (χ1v) is 10.2. The van der Waals surface area contributed by atoms with E-state index in [4.69, 9.17) is 4.42 Å². The van der Waals surface area contributed by atoms with E-state index < -0.39 is 0 Å². The lowest BCUT2D eigenvalue weighted by Gasteiger charge is -2.30. The average Bonchev–Trinajstić information content (AvgIpc) is 2.74. The fraction of sp³-hybridized carbons (Fsp3) is 0.333. The number of amides is 1. The van der Waals surface area contributed by atoms with E-state index in [9.17, 15) is 9.59 Å². The molecule has 0 bridgehead atoms. The van der Waals surface area contributed by atoms with Crippen LogP contribution in [0.15, 0.2) is 63.8 Å². The van der Waals surface area contributed by atoms with E-state index in [1.54, 1.807) is 24.3 Å². The predicted molar refractivity (Wildman–Crippen MR) is 114 cm³/mol. The molecule has 1 aliphatic rings. The second-order valence-corrected chi connectivity index (χ2v) is 7.93. The van der Waals surface area contributed by atoms with Crippen molar-refractivity contribution < 1.29 is 9.21 Å². The Hall–Kier alpha value is -2.92. The van der Waals surface area contributed by atoms with Crippen molar-refractivity contribution in [2.45, 2.75) is 32.9 Å². The number of hydrogen-bond donors (Lipinski definition) is 1. The summed E-state index contributed by atoms with van der Waals surface area (Å²) in [6, 6.07) is 16.5. The minimum Gasteiger partial charge on any atom is -0.451 e. The molecule has 1 aromatic heterocycles. The van der Waals surface area contributed by atoms with Gasteiger partial charge in [-0.15, -0.1) is 0 Å². The van der Waals surface area contributed by atoms with Crippen LogP contribution in [0.25, 0.3) is 11.0 Å². The zero-order chi connectivity index (χ0) is 20.2. The van der Waals surface area contributed by atoms with Gasteiger partial charge in [-0.3, -0.25) is 14.5 Å². The molecule has 1 aliphatic heterocycles. The Morgan fingerprint density at radius 2 is 1.76 bits per heavy atom. The molecule has 3 aromatic rings. The largest absolute Gasteiger partial charge is 0.451 e. The molecule has 0 atom stereocenters. The average molecular weight is 390 g/mol. The zero-order valence-corrected chi connectivity index (χ0v) is 16.7. The number of rotatable bonds is 5.